The molecule has 0 saturated heterocycles. The molecule has 8 heteroatoms. The fourth-order valence-electron chi connectivity index (χ4n) is 10.1. The quantitative estimate of drug-likeness (QED) is 0.113. The molecule has 1 aliphatic carbocycles. The lowest BCUT2D eigenvalue weighted by Gasteiger charge is -2.36. The maximum Gasteiger partial charge on any atom is 0.339 e. The fraction of sp³-hybridized carbons (Fsp3) is 0.0476. The topological polar surface area (TPSA) is 86.7 Å². The number of hydrogen-bond acceptors (Lipinski definition) is 6. The van der Waals surface area contributed by atoms with E-state index in [1.807, 2.05) is 172 Å². The van der Waals surface area contributed by atoms with Crippen LogP contribution < -0.4 is 8.37 Å². The number of fused-ring (bicyclic) bond motifs is 3. The summed E-state index contributed by atoms with van der Waals surface area (Å²) in [6.45, 7) is 3.70. The van der Waals surface area contributed by atoms with Crippen molar-refractivity contribution >= 4 is 20.2 Å². The van der Waals surface area contributed by atoms with E-state index in [2.05, 4.69) is 48.5 Å². The van der Waals surface area contributed by atoms with E-state index in [4.69, 9.17) is 8.37 Å². The average Bonchev–Trinajstić information content (AvgIpc) is 3.70. The van der Waals surface area contributed by atoms with Gasteiger partial charge in [-0.05, 0) is 129 Å². The van der Waals surface area contributed by atoms with E-state index in [0.29, 0.717) is 22.3 Å². The molecular formula is C63H46O6S2. The second-order valence-corrected chi connectivity index (χ2v) is 20.9. The molecule has 0 unspecified atom stereocenters. The molecule has 0 fully saturated rings. The largest absolute Gasteiger partial charge is 0.378 e. The van der Waals surface area contributed by atoms with Crippen molar-refractivity contribution in [3.05, 3.63) is 276 Å². The number of aryl methyl sites for hydroxylation is 2. The number of hydrogen-bond donors (Lipinski definition) is 0. The smallest absolute Gasteiger partial charge is 0.339 e. The molecule has 0 aromatic heterocycles. The van der Waals surface area contributed by atoms with E-state index in [0.717, 1.165) is 66.8 Å². The Labute approximate surface area is 415 Å². The van der Waals surface area contributed by atoms with Gasteiger partial charge in [0, 0.05) is 22.3 Å². The first-order chi connectivity index (χ1) is 34.5. The summed E-state index contributed by atoms with van der Waals surface area (Å²) >= 11 is 0. The minimum Gasteiger partial charge on any atom is -0.378 e. The second kappa shape index (κ2) is 18.2. The molecule has 6 nitrogen and oxygen atoms in total. The number of benzene rings is 10. The summed E-state index contributed by atoms with van der Waals surface area (Å²) in [5.41, 5.74) is 11.4. The van der Waals surface area contributed by atoms with Crippen molar-refractivity contribution in [2.45, 2.75) is 29.1 Å². The zero-order valence-corrected chi connectivity index (χ0v) is 40.5. The Morgan fingerprint density at radius 2 is 0.606 bits per heavy atom. The van der Waals surface area contributed by atoms with Crippen LogP contribution in [-0.2, 0) is 25.7 Å². The maximum atomic E-state index is 14.6. The molecule has 0 bridgehead atoms. The molecule has 11 rings (SSSR count). The van der Waals surface area contributed by atoms with Gasteiger partial charge in [0.25, 0.3) is 0 Å². The molecule has 0 amide bonds. The van der Waals surface area contributed by atoms with Gasteiger partial charge >= 0.3 is 20.2 Å². The third-order valence-corrected chi connectivity index (χ3v) is 15.7. The fourth-order valence-corrected chi connectivity index (χ4v) is 12.2. The normalized spacial score (nSPS) is 12.7. The van der Waals surface area contributed by atoms with Gasteiger partial charge in [0.2, 0.25) is 0 Å². The van der Waals surface area contributed by atoms with Gasteiger partial charge in [-0.2, -0.15) is 16.8 Å². The van der Waals surface area contributed by atoms with Crippen molar-refractivity contribution in [1.29, 1.82) is 0 Å². The lowest BCUT2D eigenvalue weighted by atomic mass is 9.66. The predicted octanol–water partition coefficient (Wildman–Crippen LogP) is 14.9. The second-order valence-electron chi connectivity index (χ2n) is 17.8. The summed E-state index contributed by atoms with van der Waals surface area (Å²) in [6, 6.07) is 77.4. The van der Waals surface area contributed by atoms with Gasteiger partial charge in [0.05, 0.1) is 5.41 Å². The van der Waals surface area contributed by atoms with Crippen LogP contribution in [0.15, 0.2) is 252 Å². The zero-order chi connectivity index (χ0) is 48.7. The molecule has 0 heterocycles. The van der Waals surface area contributed by atoms with Crippen LogP contribution in [0.3, 0.4) is 0 Å². The summed E-state index contributed by atoms with van der Waals surface area (Å²) in [6.07, 6.45) is 0. The summed E-state index contributed by atoms with van der Waals surface area (Å²) < 4.78 is 71.3. The van der Waals surface area contributed by atoms with Crippen molar-refractivity contribution in [2.24, 2.45) is 0 Å². The first kappa shape index (κ1) is 45.2. The lowest BCUT2D eigenvalue weighted by molar-refractivity contribution is 0.486. The highest BCUT2D eigenvalue weighted by molar-refractivity contribution is 7.87. The van der Waals surface area contributed by atoms with Gasteiger partial charge in [-0.25, -0.2) is 0 Å². The van der Waals surface area contributed by atoms with Gasteiger partial charge in [-0.1, -0.05) is 194 Å². The van der Waals surface area contributed by atoms with Crippen molar-refractivity contribution in [2.75, 3.05) is 0 Å². The first-order valence-corrected chi connectivity index (χ1v) is 26.1. The summed E-state index contributed by atoms with van der Waals surface area (Å²) in [4.78, 5) is 0.0895. The van der Waals surface area contributed by atoms with Crippen LogP contribution in [0.25, 0.3) is 55.6 Å². The summed E-state index contributed by atoms with van der Waals surface area (Å²) in [5.74, 6) is 0.366. The van der Waals surface area contributed by atoms with Crippen LogP contribution >= 0.6 is 0 Å². The minimum atomic E-state index is -4.37. The molecule has 346 valence electrons. The van der Waals surface area contributed by atoms with Crippen molar-refractivity contribution in [3.8, 4) is 67.1 Å². The molecule has 10 aromatic carbocycles. The van der Waals surface area contributed by atoms with E-state index in [1.54, 1.807) is 36.4 Å². The van der Waals surface area contributed by atoms with Crippen LogP contribution in [-0.4, -0.2) is 16.8 Å². The van der Waals surface area contributed by atoms with Gasteiger partial charge in [0.15, 0.2) is 11.5 Å². The molecular weight excluding hydrogens is 917 g/mol. The molecule has 0 spiro atoms. The van der Waals surface area contributed by atoms with Crippen LogP contribution in [0.1, 0.15) is 33.4 Å². The van der Waals surface area contributed by atoms with Crippen LogP contribution in [0, 0.1) is 13.8 Å². The van der Waals surface area contributed by atoms with Gasteiger partial charge in [-0.15, -0.1) is 0 Å². The standard InChI is InChI=1S/C63H46O6S2/c1-43-21-19-31-51(37-43)70(64,65)68-61-55(45-23-7-3-8-24-45)39-49(40-56(61)46-25-9-4-10-26-46)63(59-35-17-15-33-53(59)54-34-16-18-36-60(54)63)50-41-57(47-27-11-5-12-28-47)62(58(42-50)48-29-13-6-14-30-48)69-71(66,67)52-32-20-22-44(2)38-52/h3-42H,1-2H3. The van der Waals surface area contributed by atoms with Crippen LogP contribution in [0.4, 0.5) is 0 Å². The highest BCUT2D eigenvalue weighted by atomic mass is 32.2. The van der Waals surface area contributed by atoms with E-state index in [-0.39, 0.29) is 21.3 Å². The molecule has 0 N–H and O–H groups in total. The SMILES string of the molecule is Cc1cccc(S(=O)(=O)Oc2c(-c3ccccc3)cc(C3(c4cc(-c5ccccc5)c(OS(=O)(=O)c5cccc(C)c5)c(-c5ccccc5)c4)c4ccccc4-c4ccccc43)cc2-c2ccccc2)c1. The lowest BCUT2D eigenvalue weighted by Crippen LogP contribution is -2.29. The Morgan fingerprint density at radius 3 is 0.915 bits per heavy atom. The van der Waals surface area contributed by atoms with E-state index in [1.165, 1.54) is 0 Å². The molecule has 0 radical (unpaired) electrons. The monoisotopic (exact) mass is 962 g/mol. The third kappa shape index (κ3) is 8.21. The molecule has 1 aliphatic rings. The highest BCUT2D eigenvalue weighted by Crippen LogP contribution is 2.59. The summed E-state index contributed by atoms with van der Waals surface area (Å²) in [7, 11) is -8.74. The Kier molecular flexibility index (Phi) is 11.6. The maximum absolute atomic E-state index is 14.6. The zero-order valence-electron chi connectivity index (χ0n) is 38.9. The van der Waals surface area contributed by atoms with E-state index in [9.17, 15) is 16.8 Å². The molecule has 0 atom stereocenters. The average molecular weight is 963 g/mol. The van der Waals surface area contributed by atoms with Crippen molar-refractivity contribution < 1.29 is 25.2 Å². The first-order valence-electron chi connectivity index (χ1n) is 23.3. The van der Waals surface area contributed by atoms with Gasteiger partial charge in [0.1, 0.15) is 9.79 Å². The Balaban J connectivity index is 1.29. The molecule has 71 heavy (non-hydrogen) atoms. The van der Waals surface area contributed by atoms with Gasteiger partial charge in [-0.3, -0.25) is 0 Å². The van der Waals surface area contributed by atoms with E-state index >= 15 is 0 Å². The summed E-state index contributed by atoms with van der Waals surface area (Å²) in [5, 5.41) is 0. The molecule has 10 aromatic rings. The third-order valence-electron chi connectivity index (χ3n) is 13.3. The molecule has 0 aliphatic heterocycles. The highest BCUT2D eigenvalue weighted by Gasteiger charge is 2.48. The van der Waals surface area contributed by atoms with E-state index < -0.39 is 25.7 Å². The van der Waals surface area contributed by atoms with Crippen molar-refractivity contribution in [1.82, 2.24) is 0 Å². The Morgan fingerprint density at radius 1 is 0.310 bits per heavy atom. The van der Waals surface area contributed by atoms with Crippen molar-refractivity contribution in [3.63, 3.8) is 0 Å². The van der Waals surface area contributed by atoms with Crippen LogP contribution in [0.2, 0.25) is 0 Å². The Bertz CT molecular complexity index is 3480. The van der Waals surface area contributed by atoms with Crippen LogP contribution in [0.5, 0.6) is 11.5 Å². The predicted molar refractivity (Wildman–Crippen MR) is 283 cm³/mol. The number of rotatable bonds is 12. The minimum absolute atomic E-state index is 0.0447. The Hall–Kier alpha value is -8.30. The molecule has 0 saturated carbocycles. The van der Waals surface area contributed by atoms with Gasteiger partial charge < -0.3 is 8.37 Å².